The molecule has 2 heteroatoms. The fraction of sp³-hybridized carbons (Fsp3) is 1.00. The SMILES string of the molecule is CC(C)C(CI)NCC1CCC1. The van der Waals surface area contributed by atoms with Gasteiger partial charge in [0.2, 0.25) is 0 Å². The van der Waals surface area contributed by atoms with E-state index < -0.39 is 0 Å². The molecule has 0 aromatic heterocycles. The maximum atomic E-state index is 3.66. The molecule has 0 amide bonds. The first-order valence-electron chi connectivity index (χ1n) is 5.03. The van der Waals surface area contributed by atoms with E-state index >= 15 is 0 Å². The molecule has 1 nitrogen and oxygen atoms in total. The summed E-state index contributed by atoms with van der Waals surface area (Å²) >= 11 is 2.48. The molecule has 12 heavy (non-hydrogen) atoms. The molecular formula is C10H20IN. The molecule has 72 valence electrons. The van der Waals surface area contributed by atoms with Gasteiger partial charge in [0.1, 0.15) is 0 Å². The van der Waals surface area contributed by atoms with Crippen LogP contribution in [0.3, 0.4) is 0 Å². The minimum atomic E-state index is 0.728. The molecule has 1 aliphatic rings. The zero-order valence-corrected chi connectivity index (χ0v) is 10.3. The van der Waals surface area contributed by atoms with Gasteiger partial charge in [-0.2, -0.15) is 0 Å². The van der Waals surface area contributed by atoms with Gasteiger partial charge in [0.15, 0.2) is 0 Å². The van der Waals surface area contributed by atoms with Gasteiger partial charge in [-0.25, -0.2) is 0 Å². The Hall–Kier alpha value is 0.690. The van der Waals surface area contributed by atoms with E-state index in [1.54, 1.807) is 0 Å². The first-order valence-corrected chi connectivity index (χ1v) is 6.56. The van der Waals surface area contributed by atoms with Gasteiger partial charge in [-0.1, -0.05) is 42.9 Å². The lowest BCUT2D eigenvalue weighted by Crippen LogP contribution is -2.39. The molecule has 0 aliphatic heterocycles. The third kappa shape index (κ3) is 3.21. The van der Waals surface area contributed by atoms with Crippen LogP contribution in [0.15, 0.2) is 0 Å². The summed E-state index contributed by atoms with van der Waals surface area (Å²) in [6, 6.07) is 0.728. The van der Waals surface area contributed by atoms with E-state index in [2.05, 4.69) is 41.8 Å². The lowest BCUT2D eigenvalue weighted by atomic mass is 9.85. The van der Waals surface area contributed by atoms with Crippen molar-refractivity contribution in [2.24, 2.45) is 11.8 Å². The molecule has 1 rings (SSSR count). The molecule has 0 aromatic carbocycles. The minimum Gasteiger partial charge on any atom is -0.313 e. The lowest BCUT2D eigenvalue weighted by molar-refractivity contribution is 0.280. The average Bonchev–Trinajstić information content (AvgIpc) is 1.93. The van der Waals surface area contributed by atoms with E-state index in [0.717, 1.165) is 17.9 Å². The van der Waals surface area contributed by atoms with Gasteiger partial charge in [0, 0.05) is 10.5 Å². The maximum absolute atomic E-state index is 3.66. The van der Waals surface area contributed by atoms with Crippen molar-refractivity contribution in [1.82, 2.24) is 5.32 Å². The molecule has 1 atom stereocenters. The van der Waals surface area contributed by atoms with Crippen LogP contribution >= 0.6 is 22.6 Å². The fourth-order valence-corrected chi connectivity index (χ4v) is 2.81. The Morgan fingerprint density at radius 2 is 2.08 bits per heavy atom. The van der Waals surface area contributed by atoms with Gasteiger partial charge in [-0.05, 0) is 31.2 Å². The van der Waals surface area contributed by atoms with Crippen LogP contribution in [0.2, 0.25) is 0 Å². The van der Waals surface area contributed by atoms with Crippen molar-refractivity contribution in [2.45, 2.75) is 39.2 Å². The van der Waals surface area contributed by atoms with Gasteiger partial charge in [-0.3, -0.25) is 0 Å². The van der Waals surface area contributed by atoms with Crippen LogP contribution in [0.25, 0.3) is 0 Å². The first-order chi connectivity index (χ1) is 5.74. The average molecular weight is 281 g/mol. The molecule has 1 fully saturated rings. The van der Waals surface area contributed by atoms with Gasteiger partial charge in [-0.15, -0.1) is 0 Å². The van der Waals surface area contributed by atoms with Gasteiger partial charge in [0.25, 0.3) is 0 Å². The second-order valence-corrected chi connectivity index (χ2v) is 5.09. The molecule has 0 radical (unpaired) electrons. The highest BCUT2D eigenvalue weighted by Gasteiger charge is 2.19. The van der Waals surface area contributed by atoms with Crippen LogP contribution in [0, 0.1) is 11.8 Å². The quantitative estimate of drug-likeness (QED) is 0.603. The molecular weight excluding hydrogens is 261 g/mol. The zero-order valence-electron chi connectivity index (χ0n) is 8.15. The van der Waals surface area contributed by atoms with Crippen LogP contribution < -0.4 is 5.32 Å². The summed E-state index contributed by atoms with van der Waals surface area (Å²) in [5, 5.41) is 3.66. The van der Waals surface area contributed by atoms with Gasteiger partial charge < -0.3 is 5.32 Å². The summed E-state index contributed by atoms with van der Waals surface area (Å²) in [4.78, 5) is 0. The summed E-state index contributed by atoms with van der Waals surface area (Å²) in [7, 11) is 0. The fourth-order valence-electron chi connectivity index (χ4n) is 1.48. The molecule has 1 saturated carbocycles. The van der Waals surface area contributed by atoms with Crippen LogP contribution in [-0.2, 0) is 0 Å². The molecule has 1 aliphatic carbocycles. The summed E-state index contributed by atoms with van der Waals surface area (Å²) < 4.78 is 1.24. The van der Waals surface area contributed by atoms with Crippen molar-refractivity contribution in [1.29, 1.82) is 0 Å². The highest BCUT2D eigenvalue weighted by molar-refractivity contribution is 14.1. The Morgan fingerprint density at radius 3 is 2.42 bits per heavy atom. The highest BCUT2D eigenvalue weighted by Crippen LogP contribution is 2.25. The van der Waals surface area contributed by atoms with Crippen LogP contribution in [-0.4, -0.2) is 17.0 Å². The molecule has 0 spiro atoms. The Bertz CT molecular complexity index is 121. The summed E-state index contributed by atoms with van der Waals surface area (Å²) in [6.45, 7) is 5.86. The molecule has 0 heterocycles. The van der Waals surface area contributed by atoms with Gasteiger partial charge in [0.05, 0.1) is 0 Å². The molecule has 1 N–H and O–H groups in total. The summed E-state index contributed by atoms with van der Waals surface area (Å²) in [6.07, 6.45) is 4.38. The maximum Gasteiger partial charge on any atom is 0.0180 e. The predicted octanol–water partition coefficient (Wildman–Crippen LogP) is 2.84. The highest BCUT2D eigenvalue weighted by atomic mass is 127. The van der Waals surface area contributed by atoms with Crippen LogP contribution in [0.1, 0.15) is 33.1 Å². The number of nitrogens with one attached hydrogen (secondary N) is 1. The predicted molar refractivity (Wildman–Crippen MR) is 62.9 cm³/mol. The molecule has 0 aromatic rings. The Kier molecular flexibility index (Phi) is 4.87. The third-order valence-corrected chi connectivity index (χ3v) is 3.81. The summed E-state index contributed by atoms with van der Waals surface area (Å²) in [5.41, 5.74) is 0. The normalized spacial score (nSPS) is 21.0. The van der Waals surface area contributed by atoms with Gasteiger partial charge >= 0.3 is 0 Å². The molecule has 0 bridgehead atoms. The Morgan fingerprint density at radius 1 is 1.42 bits per heavy atom. The topological polar surface area (TPSA) is 12.0 Å². The van der Waals surface area contributed by atoms with E-state index in [1.165, 1.54) is 30.2 Å². The van der Waals surface area contributed by atoms with Crippen LogP contribution in [0.5, 0.6) is 0 Å². The number of halogens is 1. The van der Waals surface area contributed by atoms with E-state index in [4.69, 9.17) is 0 Å². The smallest absolute Gasteiger partial charge is 0.0180 e. The van der Waals surface area contributed by atoms with Crippen molar-refractivity contribution in [3.8, 4) is 0 Å². The van der Waals surface area contributed by atoms with Crippen molar-refractivity contribution in [2.75, 3.05) is 11.0 Å². The standard InChI is InChI=1S/C10H20IN/c1-8(2)10(6-11)12-7-9-4-3-5-9/h8-10,12H,3-7H2,1-2H3. The lowest BCUT2D eigenvalue weighted by Gasteiger charge is -2.29. The van der Waals surface area contributed by atoms with Crippen molar-refractivity contribution >= 4 is 22.6 Å². The number of rotatable bonds is 5. The van der Waals surface area contributed by atoms with E-state index in [-0.39, 0.29) is 0 Å². The van der Waals surface area contributed by atoms with Crippen molar-refractivity contribution in [3.63, 3.8) is 0 Å². The largest absolute Gasteiger partial charge is 0.313 e. The second kappa shape index (κ2) is 5.43. The zero-order chi connectivity index (χ0) is 8.97. The molecule has 1 unspecified atom stereocenters. The van der Waals surface area contributed by atoms with E-state index in [1.807, 2.05) is 0 Å². The number of hydrogen-bond acceptors (Lipinski definition) is 1. The van der Waals surface area contributed by atoms with Crippen molar-refractivity contribution in [3.05, 3.63) is 0 Å². The third-order valence-electron chi connectivity index (χ3n) is 2.86. The van der Waals surface area contributed by atoms with E-state index in [9.17, 15) is 0 Å². The van der Waals surface area contributed by atoms with Crippen LogP contribution in [0.4, 0.5) is 0 Å². The van der Waals surface area contributed by atoms with Crippen molar-refractivity contribution < 1.29 is 0 Å². The second-order valence-electron chi connectivity index (χ2n) is 4.21. The Labute approximate surface area is 89.8 Å². The first kappa shape index (κ1) is 10.8. The number of hydrogen-bond donors (Lipinski definition) is 1. The molecule has 0 saturated heterocycles. The Balaban J connectivity index is 2.09. The minimum absolute atomic E-state index is 0.728. The number of alkyl halides is 1. The summed E-state index contributed by atoms with van der Waals surface area (Å²) in [5.74, 6) is 1.77. The monoisotopic (exact) mass is 281 g/mol. The van der Waals surface area contributed by atoms with E-state index in [0.29, 0.717) is 0 Å².